The van der Waals surface area contributed by atoms with Gasteiger partial charge in [0.1, 0.15) is 11.2 Å². The lowest BCUT2D eigenvalue weighted by Gasteiger charge is -2.23. The Morgan fingerprint density at radius 2 is 1.44 bits per heavy atom. The lowest BCUT2D eigenvalue weighted by Crippen LogP contribution is -2.34. The fraction of sp³-hybridized carbons (Fsp3) is 0.0357. The molecule has 6 heteroatoms. The standard InChI is InChI=1S/C28H20ClN3O2/c29-22-15-13-20(14-16-22)19-31-26-21(8-7-17-30-26)18-25(27(31)33)28(34)32(23-9-3-1-4-10-23)24-11-5-2-6-12-24/h1-18H,19H2. The topological polar surface area (TPSA) is 55.2 Å². The number of amides is 1. The summed E-state index contributed by atoms with van der Waals surface area (Å²) in [6.07, 6.45) is 1.64. The second kappa shape index (κ2) is 9.33. The van der Waals surface area contributed by atoms with E-state index in [1.165, 1.54) is 0 Å². The predicted molar refractivity (Wildman–Crippen MR) is 136 cm³/mol. The van der Waals surface area contributed by atoms with Crippen molar-refractivity contribution in [2.45, 2.75) is 6.54 Å². The van der Waals surface area contributed by atoms with Crippen molar-refractivity contribution in [1.82, 2.24) is 9.55 Å². The average molecular weight is 466 g/mol. The maximum Gasteiger partial charge on any atom is 0.268 e. The molecule has 34 heavy (non-hydrogen) atoms. The Labute approximate surface area is 201 Å². The normalized spacial score (nSPS) is 10.9. The summed E-state index contributed by atoms with van der Waals surface area (Å²) in [6.45, 7) is 0.265. The fourth-order valence-electron chi connectivity index (χ4n) is 3.94. The molecule has 0 aliphatic carbocycles. The third-order valence-corrected chi connectivity index (χ3v) is 5.82. The number of hydrogen-bond donors (Lipinski definition) is 0. The number of rotatable bonds is 5. The Kier molecular flexibility index (Phi) is 5.93. The van der Waals surface area contributed by atoms with Gasteiger partial charge in [0.2, 0.25) is 0 Å². The van der Waals surface area contributed by atoms with Crippen LogP contribution in [0.1, 0.15) is 15.9 Å². The van der Waals surface area contributed by atoms with Crippen molar-refractivity contribution in [3.05, 3.63) is 136 Å². The van der Waals surface area contributed by atoms with Gasteiger partial charge in [-0.1, -0.05) is 60.1 Å². The number of benzene rings is 3. The summed E-state index contributed by atoms with van der Waals surface area (Å²) in [6, 6.07) is 31.2. The number of carbonyl (C=O) groups excluding carboxylic acids is 1. The molecule has 2 heterocycles. The van der Waals surface area contributed by atoms with E-state index in [2.05, 4.69) is 4.98 Å². The third kappa shape index (κ3) is 4.21. The van der Waals surface area contributed by atoms with Gasteiger partial charge in [0.15, 0.2) is 0 Å². The van der Waals surface area contributed by atoms with Crippen LogP contribution in [0.2, 0.25) is 5.02 Å². The van der Waals surface area contributed by atoms with Crippen molar-refractivity contribution in [2.24, 2.45) is 0 Å². The van der Waals surface area contributed by atoms with Crippen LogP contribution in [0.25, 0.3) is 11.0 Å². The summed E-state index contributed by atoms with van der Waals surface area (Å²) in [5.74, 6) is -0.405. The van der Waals surface area contributed by atoms with E-state index in [0.717, 1.165) is 5.56 Å². The molecular weight excluding hydrogens is 446 g/mol. The van der Waals surface area contributed by atoms with Crippen LogP contribution in [0, 0.1) is 0 Å². The Balaban J connectivity index is 1.68. The molecule has 0 saturated carbocycles. The van der Waals surface area contributed by atoms with Crippen LogP contribution >= 0.6 is 11.6 Å². The Morgan fingerprint density at radius 1 is 0.824 bits per heavy atom. The van der Waals surface area contributed by atoms with E-state index in [1.54, 1.807) is 39.9 Å². The second-order valence-electron chi connectivity index (χ2n) is 7.80. The molecule has 0 N–H and O–H groups in total. The van der Waals surface area contributed by atoms with Crippen LogP contribution in [0.4, 0.5) is 11.4 Å². The van der Waals surface area contributed by atoms with Crippen LogP contribution in [0.5, 0.6) is 0 Å². The number of hydrogen-bond acceptors (Lipinski definition) is 3. The van der Waals surface area contributed by atoms with Crippen molar-refractivity contribution in [3.8, 4) is 0 Å². The van der Waals surface area contributed by atoms with E-state index in [-0.39, 0.29) is 12.1 Å². The van der Waals surface area contributed by atoms with Gasteiger partial charge in [0, 0.05) is 28.0 Å². The molecule has 0 aliphatic rings. The van der Waals surface area contributed by atoms with Gasteiger partial charge >= 0.3 is 0 Å². The second-order valence-corrected chi connectivity index (χ2v) is 8.24. The zero-order valence-electron chi connectivity index (χ0n) is 18.1. The molecule has 5 nitrogen and oxygen atoms in total. The van der Waals surface area contributed by atoms with Crippen LogP contribution in [0.3, 0.4) is 0 Å². The van der Waals surface area contributed by atoms with Crippen molar-refractivity contribution < 1.29 is 4.79 Å². The van der Waals surface area contributed by atoms with Gasteiger partial charge in [-0.2, -0.15) is 0 Å². The lowest BCUT2D eigenvalue weighted by atomic mass is 10.1. The molecule has 0 saturated heterocycles. The Hall–Kier alpha value is -4.22. The monoisotopic (exact) mass is 465 g/mol. The molecule has 0 spiro atoms. The van der Waals surface area contributed by atoms with Gasteiger partial charge in [0.05, 0.1) is 6.54 Å². The maximum atomic E-state index is 13.9. The minimum absolute atomic E-state index is 0.0715. The minimum Gasteiger partial charge on any atom is -0.288 e. The van der Waals surface area contributed by atoms with E-state index in [0.29, 0.717) is 27.4 Å². The van der Waals surface area contributed by atoms with E-state index < -0.39 is 11.5 Å². The van der Waals surface area contributed by atoms with Gasteiger partial charge in [-0.05, 0) is 60.2 Å². The Morgan fingerprint density at radius 3 is 2.06 bits per heavy atom. The summed E-state index contributed by atoms with van der Waals surface area (Å²) in [4.78, 5) is 33.6. The number of pyridine rings is 2. The van der Waals surface area contributed by atoms with Gasteiger partial charge in [-0.15, -0.1) is 0 Å². The molecule has 5 rings (SSSR count). The first kappa shape index (κ1) is 21.6. The first-order valence-electron chi connectivity index (χ1n) is 10.8. The SMILES string of the molecule is O=C(c1cc2cccnc2n(Cc2ccc(Cl)cc2)c1=O)N(c1ccccc1)c1ccccc1. The third-order valence-electron chi connectivity index (χ3n) is 5.56. The molecule has 0 aliphatic heterocycles. The number of nitrogens with zero attached hydrogens (tertiary/aromatic N) is 3. The minimum atomic E-state index is -0.405. The van der Waals surface area contributed by atoms with Gasteiger partial charge in [-0.25, -0.2) is 4.98 Å². The average Bonchev–Trinajstić information content (AvgIpc) is 2.88. The van der Waals surface area contributed by atoms with E-state index in [9.17, 15) is 9.59 Å². The first-order valence-corrected chi connectivity index (χ1v) is 11.2. The number of para-hydroxylation sites is 2. The number of carbonyl (C=O) groups is 1. The van der Waals surface area contributed by atoms with Crippen LogP contribution in [-0.4, -0.2) is 15.5 Å². The van der Waals surface area contributed by atoms with Crippen LogP contribution in [0.15, 0.2) is 114 Å². The van der Waals surface area contributed by atoms with Gasteiger partial charge < -0.3 is 0 Å². The smallest absolute Gasteiger partial charge is 0.268 e. The van der Waals surface area contributed by atoms with Crippen LogP contribution in [-0.2, 0) is 6.54 Å². The summed E-state index contributed by atoms with van der Waals surface area (Å²) in [5, 5.41) is 1.32. The molecule has 0 fully saturated rings. The van der Waals surface area contributed by atoms with Crippen molar-refractivity contribution in [2.75, 3.05) is 4.90 Å². The molecule has 0 unspecified atom stereocenters. The van der Waals surface area contributed by atoms with Gasteiger partial charge in [-0.3, -0.25) is 19.1 Å². The summed E-state index contributed by atoms with van der Waals surface area (Å²) in [5.41, 5.74) is 2.42. The highest BCUT2D eigenvalue weighted by Gasteiger charge is 2.24. The maximum absolute atomic E-state index is 13.9. The highest BCUT2D eigenvalue weighted by Crippen LogP contribution is 2.27. The summed E-state index contributed by atoms with van der Waals surface area (Å²) in [7, 11) is 0. The predicted octanol–water partition coefficient (Wildman–Crippen LogP) is 6.08. The summed E-state index contributed by atoms with van der Waals surface area (Å²) < 4.78 is 1.54. The number of aromatic nitrogens is 2. The number of anilines is 2. The molecule has 3 aromatic carbocycles. The molecule has 0 bridgehead atoms. The van der Waals surface area contributed by atoms with Crippen LogP contribution < -0.4 is 10.5 Å². The highest BCUT2D eigenvalue weighted by molar-refractivity contribution is 6.30. The first-order chi connectivity index (χ1) is 16.6. The molecule has 1 amide bonds. The number of fused-ring (bicyclic) bond motifs is 1. The summed E-state index contributed by atoms with van der Waals surface area (Å²) >= 11 is 6.03. The highest BCUT2D eigenvalue weighted by atomic mass is 35.5. The van der Waals surface area contributed by atoms with Gasteiger partial charge in [0.25, 0.3) is 11.5 Å². The largest absolute Gasteiger partial charge is 0.288 e. The van der Waals surface area contributed by atoms with Crippen molar-refractivity contribution in [3.63, 3.8) is 0 Å². The molecule has 5 aromatic rings. The lowest BCUT2D eigenvalue weighted by molar-refractivity contribution is 0.0997. The van der Waals surface area contributed by atoms with E-state index >= 15 is 0 Å². The molecular formula is C28H20ClN3O2. The van der Waals surface area contributed by atoms with E-state index in [1.807, 2.05) is 78.9 Å². The quantitative estimate of drug-likeness (QED) is 0.316. The Bertz CT molecular complexity index is 1480. The molecule has 166 valence electrons. The zero-order chi connectivity index (χ0) is 23.5. The zero-order valence-corrected chi connectivity index (χ0v) is 18.9. The molecule has 2 aromatic heterocycles. The molecule has 0 atom stereocenters. The molecule has 0 radical (unpaired) electrons. The van der Waals surface area contributed by atoms with Crippen molar-refractivity contribution in [1.29, 1.82) is 0 Å². The van der Waals surface area contributed by atoms with Crippen molar-refractivity contribution >= 4 is 39.9 Å². The fourth-order valence-corrected chi connectivity index (χ4v) is 4.06. The van der Waals surface area contributed by atoms with E-state index in [4.69, 9.17) is 11.6 Å². The number of halogens is 1.